The molecular weight excluding hydrogens is 292 g/mol. The van der Waals surface area contributed by atoms with E-state index in [1.54, 1.807) is 17.1 Å². The zero-order valence-corrected chi connectivity index (χ0v) is 14.0. The summed E-state index contributed by atoms with van der Waals surface area (Å²) in [6, 6.07) is 0. The van der Waals surface area contributed by atoms with Gasteiger partial charge in [0.2, 0.25) is 0 Å². The maximum Gasteiger partial charge on any atom is 0.253 e. The van der Waals surface area contributed by atoms with Crippen LogP contribution in [0.2, 0.25) is 0 Å². The topological polar surface area (TPSA) is 57.7 Å². The number of carbonyl (C=O) groups excluding carboxylic acids is 3. The van der Waals surface area contributed by atoms with E-state index in [4.69, 9.17) is 0 Å². The number of imide groups is 1. The van der Waals surface area contributed by atoms with E-state index in [9.17, 15) is 14.4 Å². The maximum atomic E-state index is 11.8. The minimum Gasteiger partial charge on any atom is -0.309 e. The zero-order valence-electron chi connectivity index (χ0n) is 14.0. The molecule has 5 nitrogen and oxygen atoms in total. The van der Waals surface area contributed by atoms with Crippen molar-refractivity contribution in [1.82, 2.24) is 9.80 Å². The molecule has 0 radical (unpaired) electrons. The van der Waals surface area contributed by atoms with Crippen LogP contribution in [0.3, 0.4) is 0 Å². The Morgan fingerprint density at radius 3 is 2.04 bits per heavy atom. The fraction of sp³-hybridized carbons (Fsp3) is 0.500. The van der Waals surface area contributed by atoms with Crippen molar-refractivity contribution < 1.29 is 14.4 Å². The van der Waals surface area contributed by atoms with E-state index in [0.717, 1.165) is 18.5 Å². The number of hydrogen-bond acceptors (Lipinski definition) is 3. The van der Waals surface area contributed by atoms with Crippen molar-refractivity contribution in [3.63, 3.8) is 0 Å². The number of amides is 3. The molecule has 1 unspecified atom stereocenters. The lowest BCUT2D eigenvalue weighted by Gasteiger charge is -2.33. The molecule has 1 atom stereocenters. The molecule has 0 fully saturated rings. The second-order valence-corrected chi connectivity index (χ2v) is 7.17. The quantitative estimate of drug-likeness (QED) is 0.677. The van der Waals surface area contributed by atoms with Crippen molar-refractivity contribution in [3.8, 4) is 0 Å². The van der Waals surface area contributed by atoms with Crippen LogP contribution >= 0.6 is 0 Å². The summed E-state index contributed by atoms with van der Waals surface area (Å²) in [5, 5.41) is 0. The molecule has 23 heavy (non-hydrogen) atoms. The van der Waals surface area contributed by atoms with Crippen LogP contribution in [0.15, 0.2) is 36.6 Å². The Bertz CT molecular complexity index is 565. The van der Waals surface area contributed by atoms with Crippen LogP contribution in [0.25, 0.3) is 0 Å². The Morgan fingerprint density at radius 2 is 1.52 bits per heavy atom. The first-order valence-corrected chi connectivity index (χ1v) is 7.92. The predicted molar refractivity (Wildman–Crippen MR) is 88.0 cm³/mol. The highest BCUT2D eigenvalue weighted by Gasteiger charge is 2.30. The Kier molecular flexibility index (Phi) is 4.88. The van der Waals surface area contributed by atoms with Crippen LogP contribution in [0, 0.1) is 11.3 Å². The normalized spacial score (nSPS) is 19.4. The fourth-order valence-electron chi connectivity index (χ4n) is 3.21. The minimum atomic E-state index is -0.230. The highest BCUT2D eigenvalue weighted by atomic mass is 16.2. The molecule has 0 aromatic carbocycles. The monoisotopic (exact) mass is 316 g/mol. The van der Waals surface area contributed by atoms with Crippen molar-refractivity contribution in [2.24, 2.45) is 11.3 Å². The van der Waals surface area contributed by atoms with Gasteiger partial charge in [-0.1, -0.05) is 27.4 Å². The van der Waals surface area contributed by atoms with Crippen molar-refractivity contribution in [3.05, 3.63) is 36.6 Å². The summed E-state index contributed by atoms with van der Waals surface area (Å²) in [7, 11) is 0. The van der Waals surface area contributed by atoms with Crippen LogP contribution in [0.4, 0.5) is 0 Å². The molecule has 0 N–H and O–H groups in total. The Labute approximate surface area is 137 Å². The summed E-state index contributed by atoms with van der Waals surface area (Å²) in [4.78, 5) is 37.9. The van der Waals surface area contributed by atoms with E-state index >= 15 is 0 Å². The molecule has 0 saturated carbocycles. The average Bonchev–Trinajstić information content (AvgIpc) is 2.93. The van der Waals surface area contributed by atoms with Gasteiger partial charge in [-0.05, 0) is 30.3 Å². The highest BCUT2D eigenvalue weighted by Crippen LogP contribution is 2.30. The smallest absolute Gasteiger partial charge is 0.253 e. The Morgan fingerprint density at radius 1 is 1.00 bits per heavy atom. The number of hydrogen-bond donors (Lipinski definition) is 0. The van der Waals surface area contributed by atoms with Gasteiger partial charge in [-0.15, -0.1) is 0 Å². The van der Waals surface area contributed by atoms with Crippen LogP contribution in [-0.2, 0) is 14.4 Å². The molecular formula is C18H24N2O3. The molecule has 0 saturated heterocycles. The Hall–Kier alpha value is -2.17. The second kappa shape index (κ2) is 6.52. The summed E-state index contributed by atoms with van der Waals surface area (Å²) in [6.45, 7) is 11.3. The molecule has 2 heterocycles. The highest BCUT2D eigenvalue weighted by molar-refractivity contribution is 6.12. The summed E-state index contributed by atoms with van der Waals surface area (Å²) >= 11 is 0. The first-order chi connectivity index (χ1) is 10.7. The molecule has 0 spiro atoms. The largest absolute Gasteiger partial charge is 0.309 e. The SMILES string of the molecule is C=C1C=CC(=O)N1CC(C)(C)CC(C)CCN1C(=O)C=CC1=O. The summed E-state index contributed by atoms with van der Waals surface area (Å²) in [5.74, 6) is -0.141. The van der Waals surface area contributed by atoms with Crippen LogP contribution in [0.5, 0.6) is 0 Å². The molecule has 0 aliphatic carbocycles. The third-order valence-electron chi connectivity index (χ3n) is 4.26. The van der Waals surface area contributed by atoms with E-state index in [1.165, 1.54) is 17.1 Å². The maximum absolute atomic E-state index is 11.8. The number of rotatable bonds is 7. The van der Waals surface area contributed by atoms with Crippen molar-refractivity contribution >= 4 is 17.7 Å². The summed E-state index contributed by atoms with van der Waals surface area (Å²) < 4.78 is 0. The van der Waals surface area contributed by atoms with Gasteiger partial charge in [-0.2, -0.15) is 0 Å². The summed E-state index contributed by atoms with van der Waals surface area (Å²) in [5.41, 5.74) is 0.663. The van der Waals surface area contributed by atoms with Gasteiger partial charge in [0.1, 0.15) is 0 Å². The van der Waals surface area contributed by atoms with E-state index < -0.39 is 0 Å². The first kappa shape index (κ1) is 17.2. The fourth-order valence-corrected chi connectivity index (χ4v) is 3.21. The Balaban J connectivity index is 1.82. The molecule has 0 aromatic heterocycles. The zero-order chi connectivity index (χ0) is 17.2. The lowest BCUT2D eigenvalue weighted by Crippen LogP contribution is -2.36. The van der Waals surface area contributed by atoms with Gasteiger partial charge in [0.25, 0.3) is 17.7 Å². The predicted octanol–water partition coefficient (Wildman–Crippen LogP) is 2.27. The van der Waals surface area contributed by atoms with Gasteiger partial charge < -0.3 is 4.90 Å². The van der Waals surface area contributed by atoms with Crippen molar-refractivity contribution in [1.29, 1.82) is 0 Å². The molecule has 0 bridgehead atoms. The van der Waals surface area contributed by atoms with Gasteiger partial charge in [0.05, 0.1) is 0 Å². The molecule has 2 aliphatic heterocycles. The van der Waals surface area contributed by atoms with Crippen molar-refractivity contribution in [2.45, 2.75) is 33.6 Å². The molecule has 2 rings (SSSR count). The number of allylic oxidation sites excluding steroid dienone is 1. The first-order valence-electron chi connectivity index (χ1n) is 7.92. The van der Waals surface area contributed by atoms with Crippen LogP contribution < -0.4 is 0 Å². The van der Waals surface area contributed by atoms with E-state index in [0.29, 0.717) is 19.0 Å². The van der Waals surface area contributed by atoms with E-state index in [2.05, 4.69) is 27.4 Å². The van der Waals surface area contributed by atoms with Crippen LogP contribution in [-0.4, -0.2) is 40.6 Å². The standard InChI is InChI=1S/C18H24N2O3/c1-13(9-10-19-15(21)7-8-16(19)22)11-18(3,4)12-20-14(2)5-6-17(20)23/h5-8,13H,2,9-12H2,1,3-4H3. The van der Waals surface area contributed by atoms with Gasteiger partial charge >= 0.3 is 0 Å². The second-order valence-electron chi connectivity index (χ2n) is 7.17. The van der Waals surface area contributed by atoms with E-state index in [1.807, 2.05) is 0 Å². The van der Waals surface area contributed by atoms with Crippen LogP contribution in [0.1, 0.15) is 33.6 Å². The third-order valence-corrected chi connectivity index (χ3v) is 4.26. The van der Waals surface area contributed by atoms with Gasteiger partial charge in [0, 0.05) is 37.0 Å². The average molecular weight is 316 g/mol. The number of nitrogens with zero attached hydrogens (tertiary/aromatic N) is 2. The summed E-state index contributed by atoms with van der Waals surface area (Å²) in [6.07, 6.45) is 7.56. The molecule has 124 valence electrons. The lowest BCUT2D eigenvalue weighted by atomic mass is 9.81. The van der Waals surface area contributed by atoms with E-state index in [-0.39, 0.29) is 23.1 Å². The molecule has 3 amide bonds. The minimum absolute atomic E-state index is 0.0185. The molecule has 0 aromatic rings. The van der Waals surface area contributed by atoms with Gasteiger partial charge in [-0.25, -0.2) is 0 Å². The number of carbonyl (C=O) groups is 3. The van der Waals surface area contributed by atoms with Crippen molar-refractivity contribution in [2.75, 3.05) is 13.1 Å². The molecule has 2 aliphatic rings. The molecule has 5 heteroatoms. The van der Waals surface area contributed by atoms with Gasteiger partial charge in [0.15, 0.2) is 0 Å². The third kappa shape index (κ3) is 4.18. The lowest BCUT2D eigenvalue weighted by molar-refractivity contribution is -0.137. The van der Waals surface area contributed by atoms with Gasteiger partial charge in [-0.3, -0.25) is 19.3 Å².